The second-order valence-electron chi connectivity index (χ2n) is 5.06. The molecule has 3 aromatic heterocycles. The van der Waals surface area contributed by atoms with Gasteiger partial charge >= 0.3 is 0 Å². The van der Waals surface area contributed by atoms with Gasteiger partial charge in [0, 0.05) is 17.8 Å². The molecule has 3 heterocycles. The van der Waals surface area contributed by atoms with Crippen LogP contribution in [-0.4, -0.2) is 24.5 Å². The van der Waals surface area contributed by atoms with Gasteiger partial charge in [-0.3, -0.25) is 4.40 Å². The molecule has 0 amide bonds. The summed E-state index contributed by atoms with van der Waals surface area (Å²) in [5, 5.41) is 16.2. The highest BCUT2D eigenvalue weighted by Gasteiger charge is 2.17. The third kappa shape index (κ3) is 2.72. The fourth-order valence-corrected chi connectivity index (χ4v) is 2.85. The molecule has 0 aliphatic carbocycles. The molecule has 6 nitrogen and oxygen atoms in total. The Morgan fingerprint density at radius 1 is 1.17 bits per heavy atom. The van der Waals surface area contributed by atoms with Gasteiger partial charge < -0.3 is 10.4 Å². The van der Waals surface area contributed by atoms with E-state index >= 15 is 0 Å². The van der Waals surface area contributed by atoms with Gasteiger partial charge in [-0.25, -0.2) is 14.4 Å². The molecule has 1 aromatic carbocycles. The Labute approximate surface area is 140 Å². The van der Waals surface area contributed by atoms with E-state index in [4.69, 9.17) is 0 Å². The topological polar surface area (TPSA) is 75.3 Å². The van der Waals surface area contributed by atoms with Gasteiger partial charge in [-0.1, -0.05) is 12.1 Å². The summed E-state index contributed by atoms with van der Waals surface area (Å²) >= 11 is 1.44. The number of aromatic nitrogens is 4. The summed E-state index contributed by atoms with van der Waals surface area (Å²) in [6, 6.07) is 9.27. The Balaban J connectivity index is 1.76. The lowest BCUT2D eigenvalue weighted by Crippen LogP contribution is -2.11. The predicted molar refractivity (Wildman–Crippen MR) is 88.8 cm³/mol. The van der Waals surface area contributed by atoms with E-state index in [1.165, 1.54) is 35.6 Å². The zero-order valence-electron chi connectivity index (χ0n) is 12.3. The van der Waals surface area contributed by atoms with Crippen LogP contribution in [0.25, 0.3) is 5.65 Å². The van der Waals surface area contributed by atoms with Crippen molar-refractivity contribution in [1.82, 2.24) is 19.4 Å². The SMILES string of the molecule is OC(c1ccc(F)cc1)c1nc(Nc2nccs2)n2cccc2n1. The van der Waals surface area contributed by atoms with Crippen LogP contribution in [0.2, 0.25) is 0 Å². The van der Waals surface area contributed by atoms with E-state index in [9.17, 15) is 9.50 Å². The molecule has 0 spiro atoms. The van der Waals surface area contributed by atoms with Crippen LogP contribution in [0.1, 0.15) is 17.5 Å². The zero-order chi connectivity index (χ0) is 16.5. The second kappa shape index (κ2) is 5.99. The quantitative estimate of drug-likeness (QED) is 0.596. The molecule has 4 aromatic rings. The van der Waals surface area contributed by atoms with Crippen molar-refractivity contribution < 1.29 is 9.50 Å². The third-order valence-corrected chi connectivity index (χ3v) is 4.17. The first kappa shape index (κ1) is 14.7. The number of thiazole rings is 1. The molecule has 0 saturated carbocycles. The third-order valence-electron chi connectivity index (χ3n) is 3.49. The molecular formula is C16H12FN5OS. The number of halogens is 1. The first-order valence-corrected chi connectivity index (χ1v) is 8.04. The molecule has 8 heteroatoms. The Morgan fingerprint density at radius 2 is 2.00 bits per heavy atom. The Morgan fingerprint density at radius 3 is 2.75 bits per heavy atom. The number of hydrogen-bond acceptors (Lipinski definition) is 6. The van der Waals surface area contributed by atoms with E-state index in [0.717, 1.165) is 0 Å². The van der Waals surface area contributed by atoms with Gasteiger partial charge in [0.1, 0.15) is 17.6 Å². The van der Waals surface area contributed by atoms with Crippen LogP contribution in [0, 0.1) is 5.82 Å². The van der Waals surface area contributed by atoms with Crippen molar-refractivity contribution in [1.29, 1.82) is 0 Å². The molecule has 0 bridgehead atoms. The minimum atomic E-state index is -1.05. The summed E-state index contributed by atoms with van der Waals surface area (Å²) in [4.78, 5) is 13.0. The highest BCUT2D eigenvalue weighted by molar-refractivity contribution is 7.13. The van der Waals surface area contributed by atoms with Crippen LogP contribution < -0.4 is 5.32 Å². The summed E-state index contributed by atoms with van der Waals surface area (Å²) < 4.78 is 14.8. The Kier molecular flexibility index (Phi) is 3.68. The summed E-state index contributed by atoms with van der Waals surface area (Å²) in [6.07, 6.45) is 2.46. The largest absolute Gasteiger partial charge is 0.380 e. The number of rotatable bonds is 4. The fourth-order valence-electron chi connectivity index (χ4n) is 2.33. The molecule has 2 N–H and O–H groups in total. The number of aliphatic hydroxyl groups is 1. The van der Waals surface area contributed by atoms with E-state index in [-0.39, 0.29) is 11.6 Å². The zero-order valence-corrected chi connectivity index (χ0v) is 13.1. The second-order valence-corrected chi connectivity index (χ2v) is 5.95. The summed E-state index contributed by atoms with van der Waals surface area (Å²) in [6.45, 7) is 0. The lowest BCUT2D eigenvalue weighted by atomic mass is 10.1. The molecule has 24 heavy (non-hydrogen) atoms. The number of benzene rings is 1. The molecular weight excluding hydrogens is 329 g/mol. The first-order valence-electron chi connectivity index (χ1n) is 7.16. The van der Waals surface area contributed by atoms with E-state index in [0.29, 0.717) is 22.3 Å². The Bertz CT molecular complexity index is 968. The van der Waals surface area contributed by atoms with Gasteiger partial charge in [0.15, 0.2) is 11.0 Å². The van der Waals surface area contributed by atoms with Gasteiger partial charge in [-0.2, -0.15) is 4.98 Å². The maximum Gasteiger partial charge on any atom is 0.216 e. The summed E-state index contributed by atoms with van der Waals surface area (Å²) in [5.74, 6) is 0.364. The van der Waals surface area contributed by atoms with Crippen LogP contribution in [-0.2, 0) is 0 Å². The number of fused-ring (bicyclic) bond motifs is 1. The maximum atomic E-state index is 13.1. The molecule has 1 unspecified atom stereocenters. The first-order chi connectivity index (χ1) is 11.7. The van der Waals surface area contributed by atoms with Gasteiger partial charge in [-0.05, 0) is 29.8 Å². The minimum Gasteiger partial charge on any atom is -0.380 e. The van der Waals surface area contributed by atoms with Gasteiger partial charge in [-0.15, -0.1) is 11.3 Å². The monoisotopic (exact) mass is 341 g/mol. The van der Waals surface area contributed by atoms with E-state index in [1.807, 2.05) is 23.7 Å². The summed E-state index contributed by atoms with van der Waals surface area (Å²) in [5.41, 5.74) is 1.16. The van der Waals surface area contributed by atoms with Crippen LogP contribution in [0.15, 0.2) is 54.2 Å². The van der Waals surface area contributed by atoms with Crippen molar-refractivity contribution in [2.45, 2.75) is 6.10 Å². The molecule has 0 aliphatic rings. The number of hydrogen-bond donors (Lipinski definition) is 2. The average molecular weight is 341 g/mol. The number of nitrogens with zero attached hydrogens (tertiary/aromatic N) is 4. The number of aliphatic hydroxyl groups excluding tert-OH is 1. The van der Waals surface area contributed by atoms with Crippen molar-refractivity contribution in [3.8, 4) is 0 Å². The van der Waals surface area contributed by atoms with Crippen LogP contribution in [0.3, 0.4) is 0 Å². The lowest BCUT2D eigenvalue weighted by Gasteiger charge is -2.13. The van der Waals surface area contributed by atoms with Gasteiger partial charge in [0.05, 0.1) is 0 Å². The molecule has 0 radical (unpaired) electrons. The van der Waals surface area contributed by atoms with Crippen LogP contribution in [0.4, 0.5) is 15.5 Å². The molecule has 120 valence electrons. The normalized spacial score (nSPS) is 12.4. The minimum absolute atomic E-state index is 0.229. The van der Waals surface area contributed by atoms with Crippen molar-refractivity contribution >= 4 is 28.1 Å². The highest BCUT2D eigenvalue weighted by Crippen LogP contribution is 2.23. The van der Waals surface area contributed by atoms with Crippen molar-refractivity contribution in [2.24, 2.45) is 0 Å². The molecule has 0 fully saturated rings. The molecule has 1 atom stereocenters. The van der Waals surface area contributed by atoms with Gasteiger partial charge in [0.25, 0.3) is 0 Å². The molecule has 0 saturated heterocycles. The van der Waals surface area contributed by atoms with E-state index in [1.54, 1.807) is 10.6 Å². The van der Waals surface area contributed by atoms with Crippen molar-refractivity contribution in [3.05, 3.63) is 71.4 Å². The van der Waals surface area contributed by atoms with Crippen LogP contribution >= 0.6 is 11.3 Å². The van der Waals surface area contributed by atoms with Crippen LogP contribution in [0.5, 0.6) is 0 Å². The van der Waals surface area contributed by atoms with E-state index in [2.05, 4.69) is 20.3 Å². The van der Waals surface area contributed by atoms with E-state index < -0.39 is 6.10 Å². The fraction of sp³-hybridized carbons (Fsp3) is 0.0625. The number of nitrogens with one attached hydrogen (secondary N) is 1. The smallest absolute Gasteiger partial charge is 0.216 e. The molecule has 4 rings (SSSR count). The van der Waals surface area contributed by atoms with Crippen molar-refractivity contribution in [3.63, 3.8) is 0 Å². The van der Waals surface area contributed by atoms with Crippen molar-refractivity contribution in [2.75, 3.05) is 5.32 Å². The average Bonchev–Trinajstić information content (AvgIpc) is 3.26. The molecule has 0 aliphatic heterocycles. The number of anilines is 2. The van der Waals surface area contributed by atoms with Gasteiger partial charge in [0.2, 0.25) is 5.95 Å². The predicted octanol–water partition coefficient (Wildman–Crippen LogP) is 3.15. The summed E-state index contributed by atoms with van der Waals surface area (Å²) in [7, 11) is 0. The lowest BCUT2D eigenvalue weighted by molar-refractivity contribution is 0.210. The maximum absolute atomic E-state index is 13.1. The highest BCUT2D eigenvalue weighted by atomic mass is 32.1. The standard InChI is InChI=1S/C16H12FN5OS/c17-11-5-3-10(4-6-11)13(23)14-19-12-2-1-8-22(12)15(20-14)21-16-18-7-9-24-16/h1-9,13,23H,(H,18,19,20,21). The Hall–Kier alpha value is -2.84.